The number of rotatable bonds is 46. The summed E-state index contributed by atoms with van der Waals surface area (Å²) < 4.78 is 17.2. The first kappa shape index (κ1) is 59.3. The molecule has 0 aromatic carbocycles. The molecule has 0 aliphatic heterocycles. The van der Waals surface area contributed by atoms with E-state index in [1.165, 1.54) is 135 Å². The Balaban J connectivity index is 4.24. The molecule has 0 bridgehead atoms. The summed E-state index contributed by atoms with van der Waals surface area (Å²) in [6.45, 7) is 4.56. The monoisotopic (exact) mass is 872 g/mol. The van der Waals surface area contributed by atoms with Crippen molar-refractivity contribution in [2.75, 3.05) is 41.0 Å². The van der Waals surface area contributed by atoms with Crippen molar-refractivity contribution in [2.45, 2.75) is 238 Å². The van der Waals surface area contributed by atoms with Crippen LogP contribution >= 0.6 is 0 Å². The second-order valence-electron chi connectivity index (χ2n) is 18.4. The fraction of sp³-hybridized carbons (Fsp3) is 0.796. The second-order valence-corrected chi connectivity index (χ2v) is 18.4. The van der Waals surface area contributed by atoms with Gasteiger partial charge in [-0.25, -0.2) is 0 Å². The van der Waals surface area contributed by atoms with Crippen molar-refractivity contribution in [3.8, 4) is 0 Å². The molecule has 0 fully saturated rings. The van der Waals surface area contributed by atoms with Crippen LogP contribution in [0.5, 0.6) is 0 Å². The summed E-state index contributed by atoms with van der Waals surface area (Å²) >= 11 is 0. The number of hydrogen-bond acceptors (Lipinski definition) is 7. The summed E-state index contributed by atoms with van der Waals surface area (Å²) in [5, 5.41) is 11.7. The van der Waals surface area contributed by atoms with E-state index in [2.05, 4.69) is 62.5 Å². The van der Waals surface area contributed by atoms with Gasteiger partial charge >= 0.3 is 11.9 Å². The van der Waals surface area contributed by atoms with Gasteiger partial charge in [-0.05, 0) is 70.6 Å². The van der Waals surface area contributed by atoms with Crippen LogP contribution < -0.4 is 5.11 Å². The number of ether oxygens (including phenoxy) is 3. The number of quaternary nitrogens is 1. The van der Waals surface area contributed by atoms with E-state index in [1.54, 1.807) is 21.1 Å². The van der Waals surface area contributed by atoms with Gasteiger partial charge in [0, 0.05) is 19.3 Å². The van der Waals surface area contributed by atoms with Gasteiger partial charge in [-0.1, -0.05) is 184 Å². The number of likely N-dealkylation sites (N-methyl/N-ethyl adjacent to an activating group) is 1. The topological polar surface area (TPSA) is 102 Å². The zero-order valence-electron chi connectivity index (χ0n) is 41.0. The Kier molecular flexibility index (Phi) is 42.9. The maximum atomic E-state index is 12.8. The number of carboxylic acid groups (broad SMARTS) is 1. The first-order chi connectivity index (χ1) is 30.1. The minimum absolute atomic E-state index is 0.0390. The maximum Gasteiger partial charge on any atom is 0.306 e. The van der Waals surface area contributed by atoms with Crippen molar-refractivity contribution in [3.05, 3.63) is 48.6 Å². The van der Waals surface area contributed by atoms with Crippen molar-refractivity contribution in [1.29, 1.82) is 0 Å². The highest BCUT2D eigenvalue weighted by molar-refractivity contribution is 5.70. The number of carbonyl (C=O) groups excluding carboxylic acids is 3. The molecule has 0 aromatic rings. The number of allylic oxidation sites excluding steroid dienone is 8. The van der Waals surface area contributed by atoms with Crippen LogP contribution in [0.2, 0.25) is 0 Å². The third kappa shape index (κ3) is 42.6. The Labute approximate surface area is 382 Å². The fourth-order valence-corrected chi connectivity index (χ4v) is 7.49. The van der Waals surface area contributed by atoms with Crippen LogP contribution in [-0.4, -0.2) is 75.5 Å². The molecule has 0 radical (unpaired) electrons. The molecule has 0 saturated heterocycles. The molecule has 2 atom stereocenters. The Hall–Kier alpha value is -2.71. The smallest absolute Gasteiger partial charge is 0.306 e. The van der Waals surface area contributed by atoms with Gasteiger partial charge in [0.25, 0.3) is 0 Å². The molecule has 8 heteroatoms. The molecule has 0 spiro atoms. The summed E-state index contributed by atoms with van der Waals surface area (Å²) in [5.41, 5.74) is 0. The lowest BCUT2D eigenvalue weighted by atomic mass is 10.0. The van der Waals surface area contributed by atoms with Crippen molar-refractivity contribution in [2.24, 2.45) is 0 Å². The van der Waals surface area contributed by atoms with Gasteiger partial charge in [-0.15, -0.1) is 0 Å². The van der Waals surface area contributed by atoms with Crippen LogP contribution in [-0.2, 0) is 28.6 Å². The number of aliphatic carboxylic acids is 1. The van der Waals surface area contributed by atoms with Crippen LogP contribution in [0.1, 0.15) is 226 Å². The first-order valence-electron chi connectivity index (χ1n) is 25.7. The summed E-state index contributed by atoms with van der Waals surface area (Å²) in [6.07, 6.45) is 54.2. The first-order valence-corrected chi connectivity index (χ1v) is 25.7. The highest BCUT2D eigenvalue weighted by Gasteiger charge is 2.25. The van der Waals surface area contributed by atoms with E-state index in [4.69, 9.17) is 14.2 Å². The fourth-order valence-electron chi connectivity index (χ4n) is 7.49. The van der Waals surface area contributed by atoms with Gasteiger partial charge in [-0.2, -0.15) is 0 Å². The lowest BCUT2D eigenvalue weighted by molar-refractivity contribution is -0.889. The van der Waals surface area contributed by atoms with Crippen LogP contribution in [0.15, 0.2) is 48.6 Å². The Bertz CT molecular complexity index is 1150. The number of carboxylic acids is 1. The molecule has 0 saturated carbocycles. The van der Waals surface area contributed by atoms with Crippen molar-refractivity contribution in [1.82, 2.24) is 0 Å². The van der Waals surface area contributed by atoms with E-state index >= 15 is 0 Å². The molecule has 0 heterocycles. The zero-order valence-corrected chi connectivity index (χ0v) is 41.0. The van der Waals surface area contributed by atoms with E-state index in [-0.39, 0.29) is 42.7 Å². The molecule has 0 aliphatic rings. The van der Waals surface area contributed by atoms with E-state index < -0.39 is 18.1 Å². The molecule has 360 valence electrons. The average Bonchev–Trinajstić information content (AvgIpc) is 3.23. The molecule has 8 nitrogen and oxygen atoms in total. The van der Waals surface area contributed by atoms with Crippen molar-refractivity contribution in [3.63, 3.8) is 0 Å². The SMILES string of the molecule is CC/C=C/C/C=C/C/C=C/CCCCCCCCCCCCCC(=O)OC(COCCC(C(=O)[O-])[N+](C)(C)C)COC(=O)CCCCCCCCC/C=C/CCCCCCCC. The van der Waals surface area contributed by atoms with Gasteiger partial charge in [0.15, 0.2) is 6.10 Å². The van der Waals surface area contributed by atoms with E-state index in [0.29, 0.717) is 12.8 Å². The third-order valence-corrected chi connectivity index (χ3v) is 11.4. The number of hydrogen-bond donors (Lipinski definition) is 0. The van der Waals surface area contributed by atoms with Crippen molar-refractivity contribution < 1.29 is 38.2 Å². The predicted molar refractivity (Wildman–Crippen MR) is 259 cm³/mol. The highest BCUT2D eigenvalue weighted by atomic mass is 16.6. The standard InChI is InChI=1S/C54H97NO7/c1-6-8-10-12-14-16-18-20-22-24-25-26-27-29-31-33-35-37-39-41-43-45-53(57)62-50(48-60-47-46-51(54(58)59)55(3,4)5)49-61-52(56)44-42-40-38-36-34-32-30-28-23-21-19-17-15-13-11-9-7-2/h8,10,14,16,20-23,50-51H,6-7,9,11-13,15,17-19,24-49H2,1-5H3/b10-8+,16-14+,22-20+,23-21+. The average molecular weight is 872 g/mol. The van der Waals surface area contributed by atoms with Gasteiger partial charge in [0.05, 0.1) is 40.3 Å². The summed E-state index contributed by atoms with van der Waals surface area (Å²) in [7, 11) is 5.42. The molecular weight excluding hydrogens is 775 g/mol. The summed E-state index contributed by atoms with van der Waals surface area (Å²) in [4.78, 5) is 37.0. The number of esters is 2. The Morgan fingerprint density at radius 3 is 1.35 bits per heavy atom. The maximum absolute atomic E-state index is 12.8. The predicted octanol–water partition coefficient (Wildman–Crippen LogP) is 13.4. The second kappa shape index (κ2) is 44.9. The normalized spacial score (nSPS) is 13.2. The van der Waals surface area contributed by atoms with Crippen molar-refractivity contribution >= 4 is 17.9 Å². The van der Waals surface area contributed by atoms with E-state index in [0.717, 1.165) is 57.8 Å². The number of carbonyl (C=O) groups is 3. The van der Waals surface area contributed by atoms with Crippen LogP contribution in [0.4, 0.5) is 0 Å². The van der Waals surface area contributed by atoms with Gasteiger partial charge in [0.2, 0.25) is 0 Å². The van der Waals surface area contributed by atoms with Crippen LogP contribution in [0, 0.1) is 0 Å². The number of unbranched alkanes of at least 4 members (excludes halogenated alkanes) is 24. The molecule has 2 unspecified atom stereocenters. The molecule has 62 heavy (non-hydrogen) atoms. The van der Waals surface area contributed by atoms with Gasteiger partial charge in [0.1, 0.15) is 12.6 Å². The largest absolute Gasteiger partial charge is 0.544 e. The Morgan fingerprint density at radius 2 is 0.903 bits per heavy atom. The van der Waals surface area contributed by atoms with Gasteiger partial charge in [-0.3, -0.25) is 9.59 Å². The lowest BCUT2D eigenvalue weighted by Gasteiger charge is -2.34. The third-order valence-electron chi connectivity index (χ3n) is 11.4. The molecule has 0 amide bonds. The molecular formula is C54H97NO7. The molecule has 0 rings (SSSR count). The van der Waals surface area contributed by atoms with Crippen LogP contribution in [0.3, 0.4) is 0 Å². The molecule has 0 aliphatic carbocycles. The molecule has 0 aromatic heterocycles. The zero-order chi connectivity index (χ0) is 45.6. The summed E-state index contributed by atoms with van der Waals surface area (Å²) in [6, 6.07) is -0.727. The van der Waals surface area contributed by atoms with Crippen LogP contribution in [0.25, 0.3) is 0 Å². The number of nitrogens with zero attached hydrogens (tertiary/aromatic N) is 1. The van der Waals surface area contributed by atoms with E-state index in [1.807, 2.05) is 0 Å². The minimum Gasteiger partial charge on any atom is -0.544 e. The molecule has 0 N–H and O–H groups in total. The van der Waals surface area contributed by atoms with E-state index in [9.17, 15) is 19.5 Å². The minimum atomic E-state index is -1.12. The summed E-state index contributed by atoms with van der Waals surface area (Å²) in [5.74, 6) is -1.74. The highest BCUT2D eigenvalue weighted by Crippen LogP contribution is 2.15. The Morgan fingerprint density at radius 1 is 0.500 bits per heavy atom. The van der Waals surface area contributed by atoms with Gasteiger partial charge < -0.3 is 28.6 Å². The quantitative estimate of drug-likeness (QED) is 0.0260. The lowest BCUT2D eigenvalue weighted by Crippen LogP contribution is -2.55.